The lowest BCUT2D eigenvalue weighted by Crippen LogP contribution is -2.26. The first-order valence-corrected chi connectivity index (χ1v) is 4.35. The lowest BCUT2D eigenvalue weighted by atomic mass is 9.96. The van der Waals surface area contributed by atoms with Gasteiger partial charge in [-0.3, -0.25) is 10.1 Å². The van der Waals surface area contributed by atoms with Gasteiger partial charge in [0.05, 0.1) is 11.1 Å². The zero-order valence-corrected chi connectivity index (χ0v) is 7.03. The lowest BCUT2D eigenvalue weighted by Gasteiger charge is -2.20. The normalized spacial score (nSPS) is 19.7. The smallest absolute Gasteiger partial charge is 0.249 e. The van der Waals surface area contributed by atoms with Crippen LogP contribution >= 0.6 is 0 Å². The summed E-state index contributed by atoms with van der Waals surface area (Å²) < 4.78 is 0. The largest absolute Gasteiger partial charge is 0.383 e. The molecule has 1 aliphatic carbocycles. The molecule has 1 aliphatic rings. The minimum absolute atomic E-state index is 0.449. The molecule has 4 nitrogen and oxygen atoms in total. The van der Waals surface area contributed by atoms with Crippen molar-refractivity contribution in [1.29, 1.82) is 0 Å². The zero-order chi connectivity index (χ0) is 8.81. The first kappa shape index (κ1) is 9.03. The number of rotatable bonds is 3. The molecule has 1 saturated carbocycles. The van der Waals surface area contributed by atoms with E-state index in [1.807, 2.05) is 0 Å². The van der Waals surface area contributed by atoms with Crippen LogP contribution in [0.2, 0.25) is 0 Å². The van der Waals surface area contributed by atoms with Crippen molar-refractivity contribution in [2.75, 3.05) is 0 Å². The standard InChI is InChI=1S/C8H14N2O2/c11-10(12)7-6-9-8-4-2-1-3-5-8/h6-9H,1-5H2/b7-6+. The molecule has 0 heterocycles. The van der Waals surface area contributed by atoms with E-state index in [0.717, 1.165) is 19.0 Å². The number of nitrogens with zero attached hydrogens (tertiary/aromatic N) is 1. The number of nitrogens with one attached hydrogen (secondary N) is 1. The summed E-state index contributed by atoms with van der Waals surface area (Å²) in [6.07, 6.45) is 8.46. The van der Waals surface area contributed by atoms with Crippen molar-refractivity contribution in [3.63, 3.8) is 0 Å². The molecule has 0 aliphatic heterocycles. The Balaban J connectivity index is 2.17. The Bertz CT molecular complexity index is 174. The maximum absolute atomic E-state index is 9.92. The Morgan fingerprint density at radius 2 is 2.00 bits per heavy atom. The molecule has 1 N–H and O–H groups in total. The Morgan fingerprint density at radius 3 is 2.58 bits per heavy atom. The van der Waals surface area contributed by atoms with Crippen LogP contribution in [0.25, 0.3) is 0 Å². The summed E-state index contributed by atoms with van der Waals surface area (Å²) in [5.74, 6) is 0. The third kappa shape index (κ3) is 3.37. The SMILES string of the molecule is O=[N+]([O-])/C=C/NC1CCCCC1. The van der Waals surface area contributed by atoms with E-state index in [0.29, 0.717) is 6.04 Å². The molecule has 0 aromatic carbocycles. The molecule has 68 valence electrons. The molecule has 1 fully saturated rings. The van der Waals surface area contributed by atoms with Crippen LogP contribution in [0.15, 0.2) is 12.4 Å². The fourth-order valence-electron chi connectivity index (χ4n) is 1.51. The summed E-state index contributed by atoms with van der Waals surface area (Å²) in [6.45, 7) is 0. The molecule has 0 radical (unpaired) electrons. The van der Waals surface area contributed by atoms with E-state index < -0.39 is 4.92 Å². The minimum Gasteiger partial charge on any atom is -0.383 e. The predicted molar refractivity (Wildman–Crippen MR) is 46.1 cm³/mol. The van der Waals surface area contributed by atoms with Gasteiger partial charge in [0.25, 0.3) is 0 Å². The van der Waals surface area contributed by atoms with Gasteiger partial charge in [-0.1, -0.05) is 19.3 Å². The fraction of sp³-hybridized carbons (Fsp3) is 0.750. The van der Waals surface area contributed by atoms with Crippen molar-refractivity contribution in [2.45, 2.75) is 38.1 Å². The van der Waals surface area contributed by atoms with E-state index in [9.17, 15) is 10.1 Å². The van der Waals surface area contributed by atoms with Gasteiger partial charge in [-0.15, -0.1) is 0 Å². The van der Waals surface area contributed by atoms with Crippen LogP contribution in [0.1, 0.15) is 32.1 Å². The average molecular weight is 170 g/mol. The number of nitro groups is 1. The van der Waals surface area contributed by atoms with Gasteiger partial charge in [0.2, 0.25) is 6.20 Å². The van der Waals surface area contributed by atoms with Crippen molar-refractivity contribution in [2.24, 2.45) is 0 Å². The summed E-state index contributed by atoms with van der Waals surface area (Å²) in [4.78, 5) is 9.47. The van der Waals surface area contributed by atoms with Gasteiger partial charge in [0.15, 0.2) is 0 Å². The monoisotopic (exact) mass is 170 g/mol. The molecule has 0 saturated heterocycles. The maximum atomic E-state index is 9.92. The topological polar surface area (TPSA) is 55.2 Å². The van der Waals surface area contributed by atoms with Gasteiger partial charge in [0.1, 0.15) is 0 Å². The van der Waals surface area contributed by atoms with Crippen molar-refractivity contribution in [1.82, 2.24) is 5.32 Å². The predicted octanol–water partition coefficient (Wildman–Crippen LogP) is 1.66. The summed E-state index contributed by atoms with van der Waals surface area (Å²) in [6, 6.07) is 0.454. The first-order valence-electron chi connectivity index (χ1n) is 4.35. The van der Waals surface area contributed by atoms with Gasteiger partial charge in [0, 0.05) is 6.04 Å². The first-order chi connectivity index (χ1) is 5.79. The molecule has 0 atom stereocenters. The fourth-order valence-corrected chi connectivity index (χ4v) is 1.51. The third-order valence-electron chi connectivity index (χ3n) is 2.13. The minimum atomic E-state index is -0.449. The van der Waals surface area contributed by atoms with E-state index >= 15 is 0 Å². The van der Waals surface area contributed by atoms with Crippen LogP contribution in [0.4, 0.5) is 0 Å². The number of hydrogen-bond acceptors (Lipinski definition) is 3. The van der Waals surface area contributed by atoms with E-state index in [-0.39, 0.29) is 0 Å². The Morgan fingerprint density at radius 1 is 1.33 bits per heavy atom. The molecule has 0 bridgehead atoms. The van der Waals surface area contributed by atoms with Crippen molar-refractivity contribution >= 4 is 0 Å². The van der Waals surface area contributed by atoms with E-state index in [2.05, 4.69) is 5.32 Å². The molecule has 0 aromatic heterocycles. The molecule has 0 unspecified atom stereocenters. The molecule has 0 amide bonds. The average Bonchev–Trinajstić information content (AvgIpc) is 2.05. The molecule has 4 heteroatoms. The molecule has 1 rings (SSSR count). The van der Waals surface area contributed by atoms with Crippen LogP contribution in [0.3, 0.4) is 0 Å². The highest BCUT2D eigenvalue weighted by molar-refractivity contribution is 4.79. The summed E-state index contributed by atoms with van der Waals surface area (Å²) in [5.41, 5.74) is 0. The van der Waals surface area contributed by atoms with Gasteiger partial charge < -0.3 is 5.32 Å². The summed E-state index contributed by atoms with van der Waals surface area (Å²) in [5, 5.41) is 13.0. The second-order valence-electron chi connectivity index (χ2n) is 3.10. The third-order valence-corrected chi connectivity index (χ3v) is 2.13. The highest BCUT2D eigenvalue weighted by Crippen LogP contribution is 2.16. The molecule has 12 heavy (non-hydrogen) atoms. The van der Waals surface area contributed by atoms with Crippen LogP contribution in [0.5, 0.6) is 0 Å². The summed E-state index contributed by atoms with van der Waals surface area (Å²) in [7, 11) is 0. The lowest BCUT2D eigenvalue weighted by molar-refractivity contribution is -0.402. The second kappa shape index (κ2) is 4.74. The van der Waals surface area contributed by atoms with Crippen LogP contribution in [0, 0.1) is 10.1 Å². The van der Waals surface area contributed by atoms with Crippen LogP contribution < -0.4 is 5.32 Å². The van der Waals surface area contributed by atoms with E-state index in [4.69, 9.17) is 0 Å². The zero-order valence-electron chi connectivity index (χ0n) is 7.03. The highest BCUT2D eigenvalue weighted by atomic mass is 16.6. The van der Waals surface area contributed by atoms with Crippen molar-refractivity contribution in [3.8, 4) is 0 Å². The van der Waals surface area contributed by atoms with Crippen LogP contribution in [-0.4, -0.2) is 11.0 Å². The second-order valence-corrected chi connectivity index (χ2v) is 3.10. The van der Waals surface area contributed by atoms with E-state index in [1.165, 1.54) is 25.5 Å². The molecular formula is C8H14N2O2. The highest BCUT2D eigenvalue weighted by Gasteiger charge is 2.10. The van der Waals surface area contributed by atoms with Crippen molar-refractivity contribution < 1.29 is 4.92 Å². The van der Waals surface area contributed by atoms with E-state index in [1.54, 1.807) is 0 Å². The number of hydrogen-bond donors (Lipinski definition) is 1. The van der Waals surface area contributed by atoms with Gasteiger partial charge >= 0.3 is 0 Å². The molecule has 0 aromatic rings. The Kier molecular flexibility index (Phi) is 3.57. The maximum Gasteiger partial charge on any atom is 0.249 e. The quantitative estimate of drug-likeness (QED) is 0.517. The Hall–Kier alpha value is -1.06. The van der Waals surface area contributed by atoms with Gasteiger partial charge in [-0.05, 0) is 12.8 Å². The Labute approximate surface area is 71.8 Å². The van der Waals surface area contributed by atoms with Crippen LogP contribution in [-0.2, 0) is 0 Å². The van der Waals surface area contributed by atoms with Crippen molar-refractivity contribution in [3.05, 3.63) is 22.5 Å². The molecule has 0 spiro atoms. The summed E-state index contributed by atoms with van der Waals surface area (Å²) >= 11 is 0. The van der Waals surface area contributed by atoms with Gasteiger partial charge in [-0.25, -0.2) is 0 Å². The van der Waals surface area contributed by atoms with Gasteiger partial charge in [-0.2, -0.15) is 0 Å². The molecular weight excluding hydrogens is 156 g/mol.